The van der Waals surface area contributed by atoms with Gasteiger partial charge in [0.2, 0.25) is 10.0 Å². The zero-order valence-electron chi connectivity index (χ0n) is 12.8. The predicted octanol–water partition coefficient (Wildman–Crippen LogP) is 2.48. The molecule has 2 fully saturated rings. The Morgan fingerprint density at radius 2 is 2.00 bits per heavy atom. The smallest absolute Gasteiger partial charge is 0.216 e. The fourth-order valence-corrected chi connectivity index (χ4v) is 5.19. The van der Waals surface area contributed by atoms with Crippen LogP contribution in [0.25, 0.3) is 0 Å². The van der Waals surface area contributed by atoms with Crippen molar-refractivity contribution in [1.82, 2.24) is 9.29 Å². The van der Waals surface area contributed by atoms with Gasteiger partial charge in [0.25, 0.3) is 0 Å². The van der Waals surface area contributed by atoms with E-state index < -0.39 is 10.0 Å². The minimum atomic E-state index is -3.04. The number of piperidine rings is 1. The van der Waals surface area contributed by atoms with Gasteiger partial charge in [-0.2, -0.15) is 0 Å². The number of hydrogen-bond donors (Lipinski definition) is 0. The molecule has 0 bridgehead atoms. The van der Waals surface area contributed by atoms with Crippen molar-refractivity contribution < 1.29 is 8.42 Å². The molecule has 2 aliphatic rings. The van der Waals surface area contributed by atoms with Crippen LogP contribution in [0.2, 0.25) is 0 Å². The molecule has 5 nitrogen and oxygen atoms in total. The average molecular weight is 388 g/mol. The van der Waals surface area contributed by atoms with E-state index in [1.165, 1.54) is 0 Å². The third-order valence-electron chi connectivity index (χ3n) is 4.55. The number of hydrogen-bond acceptors (Lipinski definition) is 4. The van der Waals surface area contributed by atoms with Gasteiger partial charge in [0.1, 0.15) is 5.82 Å². The van der Waals surface area contributed by atoms with E-state index in [-0.39, 0.29) is 5.25 Å². The number of anilines is 1. The molecule has 0 amide bonds. The van der Waals surface area contributed by atoms with Gasteiger partial charge in [0, 0.05) is 32.9 Å². The van der Waals surface area contributed by atoms with Crippen molar-refractivity contribution in [3.8, 4) is 0 Å². The van der Waals surface area contributed by atoms with E-state index >= 15 is 0 Å². The Morgan fingerprint density at radius 3 is 2.59 bits per heavy atom. The monoisotopic (exact) mass is 387 g/mol. The molecule has 7 heteroatoms. The van der Waals surface area contributed by atoms with Gasteiger partial charge in [-0.1, -0.05) is 0 Å². The summed E-state index contributed by atoms with van der Waals surface area (Å²) < 4.78 is 27.0. The molecular formula is C15H22BrN3O2S. The maximum Gasteiger partial charge on any atom is 0.216 e. The first kappa shape index (κ1) is 16.2. The highest BCUT2D eigenvalue weighted by atomic mass is 79.9. The van der Waals surface area contributed by atoms with Gasteiger partial charge >= 0.3 is 0 Å². The minimum absolute atomic E-state index is 0.109. The second kappa shape index (κ2) is 6.45. The molecule has 22 heavy (non-hydrogen) atoms. The minimum Gasteiger partial charge on any atom is -0.356 e. The van der Waals surface area contributed by atoms with Crippen LogP contribution in [0.5, 0.6) is 0 Å². The van der Waals surface area contributed by atoms with Gasteiger partial charge in [0.15, 0.2) is 0 Å². The maximum absolute atomic E-state index is 12.2. The van der Waals surface area contributed by atoms with Crippen LogP contribution in [0.15, 0.2) is 22.8 Å². The van der Waals surface area contributed by atoms with Gasteiger partial charge < -0.3 is 4.90 Å². The van der Waals surface area contributed by atoms with Crippen molar-refractivity contribution in [2.45, 2.75) is 30.9 Å². The highest BCUT2D eigenvalue weighted by molar-refractivity contribution is 9.10. The normalized spacial score (nSPS) is 20.6. The Hall–Kier alpha value is -0.660. The summed E-state index contributed by atoms with van der Waals surface area (Å²) in [5.41, 5.74) is 0. The molecule has 1 aliphatic carbocycles. The molecule has 2 heterocycles. The summed E-state index contributed by atoms with van der Waals surface area (Å²) in [5, 5.41) is -0.109. The number of sulfonamides is 1. The van der Waals surface area contributed by atoms with Crippen molar-refractivity contribution in [1.29, 1.82) is 0 Å². The summed E-state index contributed by atoms with van der Waals surface area (Å²) in [5.74, 6) is 1.43. The van der Waals surface area contributed by atoms with Gasteiger partial charge in [-0.25, -0.2) is 17.7 Å². The molecule has 0 aromatic carbocycles. The number of pyridine rings is 1. The maximum atomic E-state index is 12.2. The summed E-state index contributed by atoms with van der Waals surface area (Å²) in [6, 6.07) is 3.92. The van der Waals surface area contributed by atoms with Gasteiger partial charge in [-0.3, -0.25) is 0 Å². The largest absolute Gasteiger partial charge is 0.356 e. The van der Waals surface area contributed by atoms with Crippen LogP contribution >= 0.6 is 15.9 Å². The topological polar surface area (TPSA) is 53.5 Å². The first-order valence-corrected chi connectivity index (χ1v) is 10.1. The number of nitrogens with zero attached hydrogens (tertiary/aromatic N) is 3. The van der Waals surface area contributed by atoms with Crippen LogP contribution in [0.1, 0.15) is 25.7 Å². The van der Waals surface area contributed by atoms with E-state index in [9.17, 15) is 8.42 Å². The molecule has 1 aliphatic heterocycles. The first-order valence-electron chi connectivity index (χ1n) is 7.79. The third-order valence-corrected chi connectivity index (χ3v) is 7.50. The Bertz CT molecular complexity index is 625. The molecule has 0 atom stereocenters. The van der Waals surface area contributed by atoms with Crippen LogP contribution in [0, 0.1) is 5.92 Å². The van der Waals surface area contributed by atoms with Crippen molar-refractivity contribution in [2.75, 3.05) is 31.6 Å². The molecular weight excluding hydrogens is 366 g/mol. The lowest BCUT2D eigenvalue weighted by Crippen LogP contribution is -2.40. The summed E-state index contributed by atoms with van der Waals surface area (Å²) in [6.07, 6.45) is 5.49. The number of halogens is 1. The number of aromatic nitrogens is 1. The van der Waals surface area contributed by atoms with Crippen LogP contribution in [0.3, 0.4) is 0 Å². The zero-order chi connectivity index (χ0) is 15.7. The molecule has 1 aromatic heterocycles. The Kier molecular flexibility index (Phi) is 4.75. The second-order valence-electron chi connectivity index (χ2n) is 6.26. The van der Waals surface area contributed by atoms with Crippen molar-refractivity contribution in [2.24, 2.45) is 5.92 Å². The quantitative estimate of drug-likeness (QED) is 0.778. The van der Waals surface area contributed by atoms with E-state index in [1.807, 2.05) is 18.3 Å². The molecule has 1 aromatic rings. The molecule has 1 saturated heterocycles. The lowest BCUT2D eigenvalue weighted by molar-refractivity contribution is 0.327. The summed E-state index contributed by atoms with van der Waals surface area (Å²) in [7, 11) is -1.31. The molecule has 0 N–H and O–H groups in total. The van der Waals surface area contributed by atoms with Crippen LogP contribution in [-0.2, 0) is 10.0 Å². The van der Waals surface area contributed by atoms with Gasteiger partial charge in [0.05, 0.1) is 9.72 Å². The fourth-order valence-electron chi connectivity index (χ4n) is 3.03. The molecule has 0 unspecified atom stereocenters. The third kappa shape index (κ3) is 3.46. The Morgan fingerprint density at radius 1 is 1.32 bits per heavy atom. The highest BCUT2D eigenvalue weighted by Crippen LogP contribution is 2.32. The van der Waals surface area contributed by atoms with E-state index in [4.69, 9.17) is 0 Å². The predicted molar refractivity (Wildman–Crippen MR) is 91.4 cm³/mol. The van der Waals surface area contributed by atoms with Crippen LogP contribution in [-0.4, -0.2) is 49.6 Å². The molecule has 0 spiro atoms. The SMILES string of the molecule is CN(CC1CCN(c2ncccc2Br)CC1)S(=O)(=O)C1CC1. The molecule has 122 valence electrons. The van der Waals surface area contributed by atoms with E-state index in [0.29, 0.717) is 12.5 Å². The van der Waals surface area contributed by atoms with Crippen LogP contribution < -0.4 is 4.90 Å². The van der Waals surface area contributed by atoms with Crippen molar-refractivity contribution in [3.05, 3.63) is 22.8 Å². The van der Waals surface area contributed by atoms with E-state index in [2.05, 4.69) is 25.8 Å². The number of rotatable bonds is 5. The molecule has 1 saturated carbocycles. The van der Waals surface area contributed by atoms with E-state index in [0.717, 1.165) is 49.1 Å². The summed E-state index contributed by atoms with van der Waals surface area (Å²) >= 11 is 3.54. The molecule has 3 rings (SSSR count). The van der Waals surface area contributed by atoms with Crippen molar-refractivity contribution in [3.63, 3.8) is 0 Å². The lowest BCUT2D eigenvalue weighted by atomic mass is 9.97. The molecule has 0 radical (unpaired) electrons. The van der Waals surface area contributed by atoms with Gasteiger partial charge in [-0.05, 0) is 59.7 Å². The van der Waals surface area contributed by atoms with Crippen molar-refractivity contribution >= 4 is 31.8 Å². The Labute approximate surface area is 140 Å². The Balaban J connectivity index is 1.55. The fraction of sp³-hybridized carbons (Fsp3) is 0.667. The summed E-state index contributed by atoms with van der Waals surface area (Å²) in [4.78, 5) is 6.71. The van der Waals surface area contributed by atoms with Crippen LogP contribution in [0.4, 0.5) is 5.82 Å². The first-order chi connectivity index (χ1) is 10.5. The average Bonchev–Trinajstić information content (AvgIpc) is 3.34. The standard InChI is InChI=1S/C15H22BrN3O2S/c1-18(22(20,21)13-4-5-13)11-12-6-9-19(10-7-12)15-14(16)3-2-8-17-15/h2-3,8,12-13H,4-7,9-11H2,1H3. The lowest BCUT2D eigenvalue weighted by Gasteiger charge is -2.34. The zero-order valence-corrected chi connectivity index (χ0v) is 15.2. The highest BCUT2D eigenvalue weighted by Gasteiger charge is 2.39. The summed E-state index contributed by atoms with van der Waals surface area (Å²) in [6.45, 7) is 2.51. The van der Waals surface area contributed by atoms with Gasteiger partial charge in [-0.15, -0.1) is 0 Å². The second-order valence-corrected chi connectivity index (χ2v) is 9.44. The van der Waals surface area contributed by atoms with E-state index in [1.54, 1.807) is 11.4 Å².